The summed E-state index contributed by atoms with van der Waals surface area (Å²) in [6, 6.07) is 1.94. The van der Waals surface area contributed by atoms with Crippen molar-refractivity contribution < 1.29 is 4.74 Å². The first-order valence-corrected chi connectivity index (χ1v) is 4.12. The first-order chi connectivity index (χ1) is 5.15. The maximum Gasteiger partial charge on any atom is 0.143 e. The molecule has 0 bridgehead atoms. The molecular formula is C8H10BrNO. The minimum absolute atomic E-state index is 0.855. The summed E-state index contributed by atoms with van der Waals surface area (Å²) in [4.78, 5) is 4.20. The molecule has 60 valence electrons. The number of nitrogens with zero attached hydrogens (tertiary/aromatic N) is 1. The molecule has 0 spiro atoms. The van der Waals surface area contributed by atoms with Gasteiger partial charge in [0.25, 0.3) is 0 Å². The van der Waals surface area contributed by atoms with Crippen LogP contribution in [-0.2, 0) is 0 Å². The van der Waals surface area contributed by atoms with Gasteiger partial charge in [-0.05, 0) is 41.4 Å². The number of halogens is 1. The fourth-order valence-corrected chi connectivity index (χ4v) is 1.69. The lowest BCUT2D eigenvalue weighted by Gasteiger charge is -2.06. The van der Waals surface area contributed by atoms with Crippen LogP contribution in [0.3, 0.4) is 0 Å². The summed E-state index contributed by atoms with van der Waals surface area (Å²) < 4.78 is 6.00. The lowest BCUT2D eigenvalue weighted by molar-refractivity contribution is 0.406. The number of hydrogen-bond acceptors (Lipinski definition) is 2. The Labute approximate surface area is 74.7 Å². The summed E-state index contributed by atoms with van der Waals surface area (Å²) in [6.45, 7) is 3.93. The molecule has 0 aliphatic heterocycles. The van der Waals surface area contributed by atoms with Crippen LogP contribution < -0.4 is 4.74 Å². The molecule has 0 N–H and O–H groups in total. The van der Waals surface area contributed by atoms with E-state index in [9.17, 15) is 0 Å². The van der Waals surface area contributed by atoms with Gasteiger partial charge in [0, 0.05) is 0 Å². The topological polar surface area (TPSA) is 22.1 Å². The second-order valence-electron chi connectivity index (χ2n) is 2.38. The highest BCUT2D eigenvalue weighted by Gasteiger charge is 2.03. The Morgan fingerprint density at radius 2 is 2.09 bits per heavy atom. The molecule has 0 atom stereocenters. The molecule has 0 amide bonds. The van der Waals surface area contributed by atoms with Crippen LogP contribution in [0.15, 0.2) is 10.7 Å². The van der Waals surface area contributed by atoms with Gasteiger partial charge in [-0.2, -0.15) is 0 Å². The Morgan fingerprint density at radius 3 is 2.55 bits per heavy atom. The first-order valence-electron chi connectivity index (χ1n) is 3.33. The maximum absolute atomic E-state index is 5.15. The van der Waals surface area contributed by atoms with E-state index < -0.39 is 0 Å². The lowest BCUT2D eigenvalue weighted by atomic mass is 10.2. The van der Waals surface area contributed by atoms with E-state index in [0.717, 1.165) is 21.6 Å². The lowest BCUT2D eigenvalue weighted by Crippen LogP contribution is -1.93. The van der Waals surface area contributed by atoms with Crippen LogP contribution in [0.4, 0.5) is 0 Å². The molecule has 1 rings (SSSR count). The minimum atomic E-state index is 0.855. The van der Waals surface area contributed by atoms with E-state index in [1.165, 1.54) is 0 Å². The summed E-state index contributed by atoms with van der Waals surface area (Å²) >= 11 is 3.31. The highest BCUT2D eigenvalue weighted by Crippen LogP contribution is 2.23. The highest BCUT2D eigenvalue weighted by atomic mass is 79.9. The Morgan fingerprint density at radius 1 is 1.45 bits per heavy atom. The second kappa shape index (κ2) is 3.22. The van der Waals surface area contributed by atoms with Crippen molar-refractivity contribution in [3.05, 3.63) is 21.9 Å². The fourth-order valence-electron chi connectivity index (χ4n) is 1.08. The van der Waals surface area contributed by atoms with Crippen molar-refractivity contribution >= 4 is 15.9 Å². The van der Waals surface area contributed by atoms with Gasteiger partial charge in [0.05, 0.1) is 12.8 Å². The molecule has 2 nitrogen and oxygen atoms in total. The summed E-state index contributed by atoms with van der Waals surface area (Å²) in [5.74, 6) is 0.869. The van der Waals surface area contributed by atoms with Gasteiger partial charge in [-0.3, -0.25) is 0 Å². The van der Waals surface area contributed by atoms with E-state index in [1.54, 1.807) is 7.11 Å². The first kappa shape index (κ1) is 8.53. The average molecular weight is 216 g/mol. The van der Waals surface area contributed by atoms with Crippen molar-refractivity contribution in [1.82, 2.24) is 4.98 Å². The van der Waals surface area contributed by atoms with Crippen molar-refractivity contribution in [2.45, 2.75) is 13.8 Å². The van der Waals surface area contributed by atoms with Crippen molar-refractivity contribution in [3.63, 3.8) is 0 Å². The number of pyridine rings is 1. The third-order valence-electron chi connectivity index (χ3n) is 1.50. The van der Waals surface area contributed by atoms with E-state index in [0.29, 0.717) is 0 Å². The predicted octanol–water partition coefficient (Wildman–Crippen LogP) is 2.47. The van der Waals surface area contributed by atoms with Gasteiger partial charge >= 0.3 is 0 Å². The molecule has 1 heterocycles. The van der Waals surface area contributed by atoms with E-state index >= 15 is 0 Å². The predicted molar refractivity (Wildman–Crippen MR) is 48.0 cm³/mol. The van der Waals surface area contributed by atoms with Crippen LogP contribution in [0, 0.1) is 13.8 Å². The molecule has 0 aliphatic rings. The largest absolute Gasteiger partial charge is 0.495 e. The molecule has 0 aromatic carbocycles. The number of aryl methyl sites for hydroxylation is 2. The van der Waals surface area contributed by atoms with Gasteiger partial charge < -0.3 is 4.74 Å². The van der Waals surface area contributed by atoms with Gasteiger partial charge in [-0.25, -0.2) is 4.98 Å². The monoisotopic (exact) mass is 215 g/mol. The van der Waals surface area contributed by atoms with Crippen molar-refractivity contribution in [3.8, 4) is 5.75 Å². The molecule has 0 unspecified atom stereocenters. The Hall–Kier alpha value is -0.570. The Bertz CT molecular complexity index is 250. The summed E-state index contributed by atoms with van der Waals surface area (Å²) in [6.07, 6.45) is 0. The van der Waals surface area contributed by atoms with Crippen LogP contribution >= 0.6 is 15.9 Å². The Kier molecular flexibility index (Phi) is 2.49. The quantitative estimate of drug-likeness (QED) is 0.672. The molecule has 0 saturated heterocycles. The standard InChI is InChI=1S/C8H10BrNO/c1-5-4-7(9)10-6(2)8(5)11-3/h4H,1-3H3. The highest BCUT2D eigenvalue weighted by molar-refractivity contribution is 9.10. The normalized spacial score (nSPS) is 9.82. The van der Waals surface area contributed by atoms with Gasteiger partial charge in [-0.15, -0.1) is 0 Å². The SMILES string of the molecule is COc1c(C)cc(Br)nc1C. The molecule has 1 aromatic heterocycles. The van der Waals surface area contributed by atoms with E-state index in [2.05, 4.69) is 20.9 Å². The van der Waals surface area contributed by atoms with Crippen molar-refractivity contribution in [1.29, 1.82) is 0 Å². The van der Waals surface area contributed by atoms with E-state index in [4.69, 9.17) is 4.74 Å². The van der Waals surface area contributed by atoms with Crippen LogP contribution in [0.1, 0.15) is 11.3 Å². The van der Waals surface area contributed by atoms with Gasteiger partial charge in [0.15, 0.2) is 0 Å². The van der Waals surface area contributed by atoms with Crippen LogP contribution in [0.25, 0.3) is 0 Å². The second-order valence-corrected chi connectivity index (χ2v) is 3.19. The van der Waals surface area contributed by atoms with Crippen LogP contribution in [0.2, 0.25) is 0 Å². The molecule has 3 heteroatoms. The van der Waals surface area contributed by atoms with Crippen molar-refractivity contribution in [2.24, 2.45) is 0 Å². The number of rotatable bonds is 1. The van der Waals surface area contributed by atoms with Crippen LogP contribution in [0.5, 0.6) is 5.75 Å². The van der Waals surface area contributed by atoms with Gasteiger partial charge in [0.2, 0.25) is 0 Å². The summed E-state index contributed by atoms with van der Waals surface area (Å²) in [5, 5.41) is 0. The zero-order valence-corrected chi connectivity index (χ0v) is 8.40. The zero-order valence-electron chi connectivity index (χ0n) is 6.81. The van der Waals surface area contributed by atoms with Crippen molar-refractivity contribution in [2.75, 3.05) is 7.11 Å². The molecule has 11 heavy (non-hydrogen) atoms. The minimum Gasteiger partial charge on any atom is -0.495 e. The van der Waals surface area contributed by atoms with Gasteiger partial charge in [0.1, 0.15) is 10.4 Å². The van der Waals surface area contributed by atoms with E-state index in [-0.39, 0.29) is 0 Å². The third kappa shape index (κ3) is 1.71. The number of ether oxygens (including phenoxy) is 1. The Balaban J connectivity index is 3.25. The van der Waals surface area contributed by atoms with Gasteiger partial charge in [-0.1, -0.05) is 0 Å². The van der Waals surface area contributed by atoms with Crippen LogP contribution in [-0.4, -0.2) is 12.1 Å². The number of aromatic nitrogens is 1. The third-order valence-corrected chi connectivity index (χ3v) is 1.91. The maximum atomic E-state index is 5.15. The molecule has 0 saturated carbocycles. The fraction of sp³-hybridized carbons (Fsp3) is 0.375. The molecule has 0 fully saturated rings. The molecule has 0 radical (unpaired) electrons. The summed E-state index contributed by atoms with van der Waals surface area (Å²) in [5.41, 5.74) is 2.02. The summed E-state index contributed by atoms with van der Waals surface area (Å²) in [7, 11) is 1.66. The zero-order chi connectivity index (χ0) is 8.43. The average Bonchev–Trinajstić information content (AvgIpc) is 1.85. The van der Waals surface area contributed by atoms with E-state index in [1.807, 2.05) is 19.9 Å². The molecule has 0 aliphatic carbocycles. The molecular weight excluding hydrogens is 206 g/mol. The molecule has 1 aromatic rings. The number of hydrogen-bond donors (Lipinski definition) is 0. The number of methoxy groups -OCH3 is 1. The smallest absolute Gasteiger partial charge is 0.143 e.